The Kier molecular flexibility index (Phi) is 13.4. The van der Waals surface area contributed by atoms with Gasteiger partial charge in [-0.05, 0) is 49.2 Å². The molecule has 1 atom stereocenters. The van der Waals surface area contributed by atoms with Gasteiger partial charge in [-0.1, -0.05) is 60.2 Å². The van der Waals surface area contributed by atoms with E-state index in [-0.39, 0.29) is 21.6 Å². The molecule has 3 nitrogen and oxygen atoms in total. The molecule has 0 spiro atoms. The number of hydrogen-bond donors (Lipinski definition) is 0. The predicted molar refractivity (Wildman–Crippen MR) is 120 cm³/mol. The first-order chi connectivity index (χ1) is 17.1. The molecule has 3 aromatic rings. The monoisotopic (exact) mass is 560 g/mol. The van der Waals surface area contributed by atoms with Gasteiger partial charge in [-0.3, -0.25) is 4.70 Å². The van der Waals surface area contributed by atoms with E-state index in [1.165, 1.54) is 43.3 Å². The third-order valence-corrected chi connectivity index (χ3v) is 4.16. The normalized spacial score (nSPS) is 11.9. The van der Waals surface area contributed by atoms with Gasteiger partial charge in [0.1, 0.15) is 23.7 Å². The van der Waals surface area contributed by atoms with Gasteiger partial charge in [0.2, 0.25) is 0 Å². The van der Waals surface area contributed by atoms with Crippen molar-refractivity contribution in [3.05, 3.63) is 95.6 Å². The summed E-state index contributed by atoms with van der Waals surface area (Å²) in [4.78, 5) is 8.81. The minimum absolute atomic E-state index is 0. The molecule has 0 aliphatic heterocycles. The van der Waals surface area contributed by atoms with Crippen molar-refractivity contribution < 1.29 is 58.5 Å². The first kappa shape index (κ1) is 34.2. The molecule has 38 heavy (non-hydrogen) atoms. The van der Waals surface area contributed by atoms with E-state index >= 15 is 0 Å². The van der Waals surface area contributed by atoms with E-state index in [9.17, 15) is 39.5 Å². The Hall–Kier alpha value is -3.77. The average molecular weight is 560 g/mol. The van der Waals surface area contributed by atoms with E-state index in [4.69, 9.17) is 4.79 Å². The van der Waals surface area contributed by atoms with Gasteiger partial charge >= 0.3 is 18.9 Å². The van der Waals surface area contributed by atoms with Crippen LogP contribution in [0.15, 0.2) is 78.9 Å². The topological polar surface area (TPSA) is 35.5 Å². The van der Waals surface area contributed by atoms with Crippen LogP contribution in [0.25, 0.3) is 0 Å². The van der Waals surface area contributed by atoms with E-state index in [2.05, 4.69) is 9.47 Å². The zero-order valence-electron chi connectivity index (χ0n) is 19.7. The maximum atomic E-state index is 13.4. The van der Waals surface area contributed by atoms with E-state index < -0.39 is 30.6 Å². The minimum Gasteiger partial charge on any atom is -0.406 e. The lowest BCUT2D eigenvalue weighted by Crippen LogP contribution is -2.22. The van der Waals surface area contributed by atoms with Gasteiger partial charge in [0.25, 0.3) is 0 Å². The highest BCUT2D eigenvalue weighted by molar-refractivity contribution is 5.44. The van der Waals surface area contributed by atoms with Gasteiger partial charge in [-0.25, -0.2) is 0 Å². The molecule has 3 aromatic carbocycles. The van der Waals surface area contributed by atoms with Crippen molar-refractivity contribution in [3.8, 4) is 11.5 Å². The molecule has 1 unspecified atom stereocenters. The molecule has 0 heterocycles. The molecule has 0 saturated carbocycles. The maximum Gasteiger partial charge on any atom is 0.573 e. The molecule has 0 amide bonds. The fourth-order valence-corrected chi connectivity index (χ4v) is 2.81. The molecular formula is C25H22F10O3. The Balaban J connectivity index is 0.000000764. The largest absolute Gasteiger partial charge is 0.573 e. The average Bonchev–Trinajstić information content (AvgIpc) is 2.75. The number of carbonyl (C=O) groups excluding carboxylic acids is 1. The molecule has 0 bridgehead atoms. The van der Waals surface area contributed by atoms with Crippen LogP contribution in [0.5, 0.6) is 11.5 Å². The van der Waals surface area contributed by atoms with E-state index in [1.54, 1.807) is 25.1 Å². The molecule has 210 valence electrons. The Morgan fingerprint density at radius 3 is 1.32 bits per heavy atom. The standard InChI is InChI=1S/C16H12F6O.C7H5F3O.C2H4O.FH/c1-10-2-4-11(5-3-10)14(15(17,18)19)12-6-8-13(9-7-12)23-16(20,21)22;8-7(9,10)11-6-4-2-1-3-5-6;1-2-3;/h2-9,14H,1H3;1-5H;2H,1H3;1H. The zero-order chi connectivity index (χ0) is 28.3. The molecule has 0 radical (unpaired) electrons. The summed E-state index contributed by atoms with van der Waals surface area (Å²) in [6.45, 7) is 3.19. The smallest absolute Gasteiger partial charge is 0.406 e. The van der Waals surface area contributed by atoms with Crippen LogP contribution in [-0.2, 0) is 4.79 Å². The van der Waals surface area contributed by atoms with Crippen LogP contribution >= 0.6 is 0 Å². The van der Waals surface area contributed by atoms with E-state index in [0.29, 0.717) is 0 Å². The summed E-state index contributed by atoms with van der Waals surface area (Å²) in [6, 6.07) is 16.6. The van der Waals surface area contributed by atoms with Gasteiger partial charge < -0.3 is 14.3 Å². The summed E-state index contributed by atoms with van der Waals surface area (Å²) in [6.07, 6.45) is -13.3. The fourth-order valence-electron chi connectivity index (χ4n) is 2.81. The molecule has 0 fully saturated rings. The Labute approximate surface area is 211 Å². The summed E-state index contributed by atoms with van der Waals surface area (Å²) < 4.78 is 118. The highest BCUT2D eigenvalue weighted by Crippen LogP contribution is 2.40. The van der Waals surface area contributed by atoms with Gasteiger partial charge in [-0.2, -0.15) is 13.2 Å². The third-order valence-electron chi connectivity index (χ3n) is 4.16. The maximum absolute atomic E-state index is 13.4. The summed E-state index contributed by atoms with van der Waals surface area (Å²) in [5.74, 6) is -2.67. The van der Waals surface area contributed by atoms with Crippen molar-refractivity contribution in [2.75, 3.05) is 0 Å². The number of benzene rings is 3. The summed E-state index contributed by atoms with van der Waals surface area (Å²) >= 11 is 0. The number of carbonyl (C=O) groups is 1. The molecule has 0 aliphatic carbocycles. The van der Waals surface area contributed by atoms with Crippen LogP contribution in [0.4, 0.5) is 44.2 Å². The number of aryl methyl sites for hydroxylation is 1. The van der Waals surface area contributed by atoms with Crippen molar-refractivity contribution in [3.63, 3.8) is 0 Å². The van der Waals surface area contributed by atoms with E-state index in [1.807, 2.05) is 0 Å². The van der Waals surface area contributed by atoms with E-state index in [0.717, 1.165) is 36.1 Å². The third kappa shape index (κ3) is 13.5. The zero-order valence-corrected chi connectivity index (χ0v) is 19.7. The SMILES string of the molecule is CC=O.Cc1ccc(C(c2ccc(OC(F)(F)F)cc2)C(F)(F)F)cc1.F.FC(F)(F)Oc1ccccc1. The lowest BCUT2D eigenvalue weighted by Gasteiger charge is -2.22. The highest BCUT2D eigenvalue weighted by atomic mass is 19.4. The molecule has 0 aliphatic rings. The fraction of sp³-hybridized carbons (Fsp3) is 0.240. The summed E-state index contributed by atoms with van der Waals surface area (Å²) in [5.41, 5.74) is 0.673. The summed E-state index contributed by atoms with van der Waals surface area (Å²) in [5, 5.41) is 0. The lowest BCUT2D eigenvalue weighted by molar-refractivity contribution is -0.275. The molecule has 3 rings (SSSR count). The number of aldehydes is 1. The van der Waals surface area contributed by atoms with Gasteiger partial charge in [0, 0.05) is 0 Å². The quantitative estimate of drug-likeness (QED) is 0.237. The number of hydrogen-bond acceptors (Lipinski definition) is 3. The number of ether oxygens (including phenoxy) is 2. The van der Waals surface area contributed by atoms with Crippen molar-refractivity contribution in [1.82, 2.24) is 0 Å². The van der Waals surface area contributed by atoms with Gasteiger partial charge in [-0.15, -0.1) is 26.3 Å². The van der Waals surface area contributed by atoms with Crippen LogP contribution in [0, 0.1) is 6.92 Å². The Morgan fingerprint density at radius 1 is 0.632 bits per heavy atom. The number of rotatable bonds is 4. The lowest BCUT2D eigenvalue weighted by atomic mass is 9.90. The first-order valence-electron chi connectivity index (χ1n) is 10.2. The Bertz CT molecular complexity index is 1060. The second kappa shape index (κ2) is 14.8. The number of para-hydroxylation sites is 1. The molecule has 0 N–H and O–H groups in total. The van der Waals surface area contributed by atoms with Crippen molar-refractivity contribution in [2.24, 2.45) is 0 Å². The summed E-state index contributed by atoms with van der Waals surface area (Å²) in [7, 11) is 0. The second-order valence-electron chi connectivity index (χ2n) is 7.10. The second-order valence-corrected chi connectivity index (χ2v) is 7.10. The molecule has 13 heteroatoms. The van der Waals surface area contributed by atoms with Crippen LogP contribution in [-0.4, -0.2) is 25.2 Å². The number of halogens is 10. The minimum atomic E-state index is -4.89. The highest BCUT2D eigenvalue weighted by Gasteiger charge is 2.42. The number of alkyl halides is 9. The Morgan fingerprint density at radius 2 is 0.974 bits per heavy atom. The van der Waals surface area contributed by atoms with Crippen molar-refractivity contribution in [1.29, 1.82) is 0 Å². The molecule has 0 saturated heterocycles. The van der Waals surface area contributed by atoms with Gasteiger partial charge in [0.15, 0.2) is 0 Å². The van der Waals surface area contributed by atoms with Crippen LogP contribution in [0.3, 0.4) is 0 Å². The predicted octanol–water partition coefficient (Wildman–Crippen LogP) is 8.53. The van der Waals surface area contributed by atoms with Crippen LogP contribution in [0.2, 0.25) is 0 Å². The van der Waals surface area contributed by atoms with Crippen LogP contribution in [0.1, 0.15) is 29.5 Å². The van der Waals surface area contributed by atoms with Crippen molar-refractivity contribution >= 4 is 6.29 Å². The van der Waals surface area contributed by atoms with Gasteiger partial charge in [0.05, 0.1) is 0 Å². The van der Waals surface area contributed by atoms with Crippen LogP contribution < -0.4 is 9.47 Å². The molecular weight excluding hydrogens is 538 g/mol. The first-order valence-corrected chi connectivity index (χ1v) is 10.2. The molecule has 0 aromatic heterocycles. The van der Waals surface area contributed by atoms with Crippen molar-refractivity contribution in [2.45, 2.75) is 38.7 Å².